The highest BCUT2D eigenvalue weighted by molar-refractivity contribution is 7.91. The van der Waals surface area contributed by atoms with E-state index in [4.69, 9.17) is 0 Å². The van der Waals surface area contributed by atoms with E-state index in [2.05, 4.69) is 4.98 Å². The van der Waals surface area contributed by atoms with Crippen LogP contribution in [0.25, 0.3) is 0 Å². The highest BCUT2D eigenvalue weighted by Crippen LogP contribution is 2.14. The van der Waals surface area contributed by atoms with E-state index in [0.29, 0.717) is 25.1 Å². The second kappa shape index (κ2) is 4.83. The van der Waals surface area contributed by atoms with Gasteiger partial charge >= 0.3 is 0 Å². The third kappa shape index (κ3) is 3.03. The Morgan fingerprint density at radius 2 is 2.06 bits per heavy atom. The maximum absolute atomic E-state index is 11.5. The van der Waals surface area contributed by atoms with Gasteiger partial charge in [0, 0.05) is 24.8 Å². The number of pyridine rings is 1. The van der Waals surface area contributed by atoms with E-state index < -0.39 is 9.84 Å². The molecule has 0 N–H and O–H groups in total. The molecule has 0 amide bonds. The van der Waals surface area contributed by atoms with E-state index >= 15 is 0 Å². The Bertz CT molecular complexity index is 496. The van der Waals surface area contributed by atoms with Crippen molar-refractivity contribution in [2.75, 3.05) is 29.5 Å². The average Bonchev–Trinajstić information content (AvgIpc) is 2.50. The molecule has 0 atom stereocenters. The third-order valence-electron chi connectivity index (χ3n) is 2.79. The molecule has 17 heavy (non-hydrogen) atoms. The normalized spacial score (nSPS) is 19.6. The summed E-state index contributed by atoms with van der Waals surface area (Å²) < 4.78 is 22.9. The van der Waals surface area contributed by atoms with E-state index in [1.54, 1.807) is 12.1 Å². The van der Waals surface area contributed by atoms with E-state index in [9.17, 15) is 13.2 Å². The van der Waals surface area contributed by atoms with Crippen LogP contribution < -0.4 is 4.90 Å². The van der Waals surface area contributed by atoms with E-state index in [1.165, 1.54) is 6.20 Å². The first-order chi connectivity index (χ1) is 8.11. The molecule has 2 heterocycles. The van der Waals surface area contributed by atoms with Crippen LogP contribution in [0.3, 0.4) is 0 Å². The van der Waals surface area contributed by atoms with Crippen molar-refractivity contribution in [2.45, 2.75) is 6.42 Å². The summed E-state index contributed by atoms with van der Waals surface area (Å²) in [5.74, 6) is 1.15. The van der Waals surface area contributed by atoms with Gasteiger partial charge in [0.1, 0.15) is 5.82 Å². The molecule has 1 aliphatic rings. The molecule has 92 valence electrons. The van der Waals surface area contributed by atoms with Gasteiger partial charge in [-0.15, -0.1) is 0 Å². The largest absolute Gasteiger partial charge is 0.356 e. The van der Waals surface area contributed by atoms with Gasteiger partial charge in [-0.3, -0.25) is 4.79 Å². The fraction of sp³-hybridized carbons (Fsp3) is 0.455. The summed E-state index contributed by atoms with van der Waals surface area (Å²) in [6, 6.07) is 3.44. The Kier molecular flexibility index (Phi) is 3.42. The SMILES string of the molecule is O=Cc1ccc(N2CCCS(=O)(=O)CC2)nc1. The Morgan fingerprint density at radius 3 is 2.71 bits per heavy atom. The van der Waals surface area contributed by atoms with Crippen LogP contribution in [0.5, 0.6) is 0 Å². The minimum Gasteiger partial charge on any atom is -0.356 e. The molecule has 5 nitrogen and oxygen atoms in total. The summed E-state index contributed by atoms with van der Waals surface area (Å²) in [5.41, 5.74) is 0.524. The second-order valence-corrected chi connectivity index (χ2v) is 6.36. The molecule has 1 saturated heterocycles. The van der Waals surface area contributed by atoms with Crippen LogP contribution in [0, 0.1) is 0 Å². The quantitative estimate of drug-likeness (QED) is 0.720. The predicted octanol–water partition coefficient (Wildman–Crippen LogP) is 0.519. The molecule has 1 aromatic heterocycles. The number of carbonyl (C=O) groups is 1. The summed E-state index contributed by atoms with van der Waals surface area (Å²) in [5, 5.41) is 0. The highest BCUT2D eigenvalue weighted by Gasteiger charge is 2.19. The van der Waals surface area contributed by atoms with Crippen molar-refractivity contribution in [1.29, 1.82) is 0 Å². The minimum atomic E-state index is -2.90. The Morgan fingerprint density at radius 1 is 1.24 bits per heavy atom. The molecular formula is C11H14N2O3S. The van der Waals surface area contributed by atoms with Gasteiger partial charge in [0.15, 0.2) is 16.1 Å². The van der Waals surface area contributed by atoms with Gasteiger partial charge in [0.25, 0.3) is 0 Å². The van der Waals surface area contributed by atoms with Crippen LogP contribution in [-0.4, -0.2) is 44.3 Å². The number of sulfone groups is 1. The fourth-order valence-corrected chi connectivity index (χ4v) is 3.09. The fourth-order valence-electron chi connectivity index (χ4n) is 1.82. The van der Waals surface area contributed by atoms with Gasteiger partial charge in [-0.25, -0.2) is 13.4 Å². The molecule has 0 bridgehead atoms. The summed E-state index contributed by atoms with van der Waals surface area (Å²) in [4.78, 5) is 16.6. The molecule has 1 fully saturated rings. The number of rotatable bonds is 2. The second-order valence-electron chi connectivity index (χ2n) is 4.06. The van der Waals surface area contributed by atoms with Crippen molar-refractivity contribution in [2.24, 2.45) is 0 Å². The average molecular weight is 254 g/mol. The first-order valence-electron chi connectivity index (χ1n) is 5.47. The molecule has 1 aromatic rings. The molecule has 0 aromatic carbocycles. The van der Waals surface area contributed by atoms with Crippen molar-refractivity contribution in [3.05, 3.63) is 23.9 Å². The van der Waals surface area contributed by atoms with Crippen LogP contribution >= 0.6 is 0 Å². The van der Waals surface area contributed by atoms with Crippen LogP contribution in [0.2, 0.25) is 0 Å². The Hall–Kier alpha value is -1.43. The zero-order chi connectivity index (χ0) is 12.3. The van der Waals surface area contributed by atoms with Crippen LogP contribution in [0.1, 0.15) is 16.8 Å². The monoisotopic (exact) mass is 254 g/mol. The smallest absolute Gasteiger partial charge is 0.152 e. The minimum absolute atomic E-state index is 0.171. The van der Waals surface area contributed by atoms with Gasteiger partial charge in [-0.05, 0) is 18.6 Å². The van der Waals surface area contributed by atoms with Gasteiger partial charge in [-0.2, -0.15) is 0 Å². The predicted molar refractivity (Wildman–Crippen MR) is 65.1 cm³/mol. The maximum Gasteiger partial charge on any atom is 0.152 e. The molecule has 2 rings (SSSR count). The summed E-state index contributed by atoms with van der Waals surface area (Å²) >= 11 is 0. The van der Waals surface area contributed by atoms with E-state index in [-0.39, 0.29) is 11.5 Å². The molecule has 0 unspecified atom stereocenters. The summed E-state index contributed by atoms with van der Waals surface area (Å²) in [7, 11) is -2.90. The molecule has 0 spiro atoms. The number of nitrogens with zero attached hydrogens (tertiary/aromatic N) is 2. The van der Waals surface area contributed by atoms with Gasteiger partial charge in [-0.1, -0.05) is 0 Å². The van der Waals surface area contributed by atoms with E-state index in [0.717, 1.165) is 12.1 Å². The van der Waals surface area contributed by atoms with Crippen molar-refractivity contribution in [3.8, 4) is 0 Å². The van der Waals surface area contributed by atoms with Crippen molar-refractivity contribution >= 4 is 21.9 Å². The highest BCUT2D eigenvalue weighted by atomic mass is 32.2. The summed E-state index contributed by atoms with van der Waals surface area (Å²) in [6.07, 6.45) is 2.87. The molecular weight excluding hydrogens is 240 g/mol. The topological polar surface area (TPSA) is 67.3 Å². The first kappa shape index (κ1) is 12.0. The van der Waals surface area contributed by atoms with Crippen LogP contribution in [0.4, 0.5) is 5.82 Å². The molecule has 0 aliphatic carbocycles. The number of aromatic nitrogens is 1. The third-order valence-corrected chi connectivity index (χ3v) is 4.50. The summed E-state index contributed by atoms with van der Waals surface area (Å²) in [6.45, 7) is 1.16. The molecule has 0 saturated carbocycles. The molecule has 1 aliphatic heterocycles. The zero-order valence-corrected chi connectivity index (χ0v) is 10.2. The standard InChI is InChI=1S/C11H14N2O3S/c14-9-10-2-3-11(12-8-10)13-4-1-6-17(15,16)7-5-13/h2-3,8-9H,1,4-7H2. The van der Waals surface area contributed by atoms with Gasteiger partial charge in [0.05, 0.1) is 11.5 Å². The number of hydrogen-bond acceptors (Lipinski definition) is 5. The lowest BCUT2D eigenvalue weighted by Gasteiger charge is -2.20. The Labute approximate surface area is 100 Å². The van der Waals surface area contributed by atoms with Gasteiger partial charge in [0.2, 0.25) is 0 Å². The maximum atomic E-state index is 11.5. The van der Waals surface area contributed by atoms with Crippen molar-refractivity contribution in [1.82, 2.24) is 4.98 Å². The molecule has 0 radical (unpaired) electrons. The number of carbonyl (C=O) groups excluding carboxylic acids is 1. The number of hydrogen-bond donors (Lipinski definition) is 0. The van der Waals surface area contributed by atoms with Crippen LogP contribution in [0.15, 0.2) is 18.3 Å². The Balaban J connectivity index is 2.14. The van der Waals surface area contributed by atoms with Crippen molar-refractivity contribution in [3.63, 3.8) is 0 Å². The number of aldehydes is 1. The lowest BCUT2D eigenvalue weighted by atomic mass is 10.3. The lowest BCUT2D eigenvalue weighted by Crippen LogP contribution is -2.27. The van der Waals surface area contributed by atoms with Crippen LogP contribution in [-0.2, 0) is 9.84 Å². The molecule has 6 heteroatoms. The zero-order valence-electron chi connectivity index (χ0n) is 9.37. The first-order valence-corrected chi connectivity index (χ1v) is 7.29. The van der Waals surface area contributed by atoms with E-state index in [1.807, 2.05) is 4.90 Å². The van der Waals surface area contributed by atoms with Crippen molar-refractivity contribution < 1.29 is 13.2 Å². The van der Waals surface area contributed by atoms with Gasteiger partial charge < -0.3 is 4.90 Å². The number of anilines is 1. The lowest BCUT2D eigenvalue weighted by molar-refractivity contribution is 0.112.